The van der Waals surface area contributed by atoms with Gasteiger partial charge in [0.25, 0.3) is 21.6 Å². The van der Waals surface area contributed by atoms with Crippen molar-refractivity contribution in [1.82, 2.24) is 10.3 Å². The van der Waals surface area contributed by atoms with E-state index in [2.05, 4.69) is 20.3 Å². The summed E-state index contributed by atoms with van der Waals surface area (Å²) in [6.07, 6.45) is 0. The van der Waals surface area contributed by atoms with E-state index in [0.29, 0.717) is 18.7 Å². The molecule has 4 rings (SSSR count). The first-order valence-electron chi connectivity index (χ1n) is 10.1. The fraction of sp³-hybridized carbons (Fsp3) is 0.0909. The third-order valence-corrected chi connectivity index (χ3v) is 7.09. The summed E-state index contributed by atoms with van der Waals surface area (Å²) >= 11 is 1.53. The summed E-state index contributed by atoms with van der Waals surface area (Å²) in [5.74, 6) is -0.306. The molecule has 0 saturated carbocycles. The average molecular weight is 498 g/mol. The van der Waals surface area contributed by atoms with Crippen LogP contribution in [0, 0.1) is 10.1 Å². The van der Waals surface area contributed by atoms with Crippen molar-refractivity contribution in [3.8, 4) is 0 Å². The van der Waals surface area contributed by atoms with E-state index in [9.17, 15) is 23.3 Å². The molecule has 0 radical (unpaired) electrons. The number of aromatic nitrogens is 1. The molecule has 0 fully saturated rings. The number of sulfonamides is 1. The second-order valence-electron chi connectivity index (χ2n) is 7.11. The standard InChI is InChI=1S/C22H19N5O5S2/c28-21(23-12-13-24-22-25-19-6-1-2-7-20(19)33-22)15-8-10-16(11-9-15)26-34(31,32)18-5-3-4-17(14-18)27(29)30/h1-11,14,26H,12-13H2,(H,23,28)(H,24,25). The lowest BCUT2D eigenvalue weighted by Crippen LogP contribution is -2.28. The zero-order valence-electron chi connectivity index (χ0n) is 17.6. The largest absolute Gasteiger partial charge is 0.360 e. The Bertz CT molecular complexity index is 1420. The highest BCUT2D eigenvalue weighted by atomic mass is 32.2. The highest BCUT2D eigenvalue weighted by molar-refractivity contribution is 7.92. The number of amides is 1. The van der Waals surface area contributed by atoms with Gasteiger partial charge < -0.3 is 10.6 Å². The first-order valence-corrected chi connectivity index (χ1v) is 12.4. The van der Waals surface area contributed by atoms with Crippen LogP contribution in [0.2, 0.25) is 0 Å². The number of nitro benzene ring substituents is 1. The summed E-state index contributed by atoms with van der Waals surface area (Å²) in [6, 6.07) is 18.4. The van der Waals surface area contributed by atoms with Crippen molar-refractivity contribution in [2.24, 2.45) is 0 Å². The van der Waals surface area contributed by atoms with Crippen LogP contribution in [-0.4, -0.2) is 37.3 Å². The molecule has 3 aromatic carbocycles. The van der Waals surface area contributed by atoms with E-state index in [1.807, 2.05) is 24.3 Å². The Labute approximate surface area is 198 Å². The van der Waals surface area contributed by atoms with Gasteiger partial charge in [0.15, 0.2) is 5.13 Å². The maximum Gasteiger partial charge on any atom is 0.270 e. The topological polar surface area (TPSA) is 143 Å². The van der Waals surface area contributed by atoms with E-state index in [4.69, 9.17) is 0 Å². The number of nitrogens with zero attached hydrogens (tertiary/aromatic N) is 2. The Balaban J connectivity index is 1.30. The number of carbonyl (C=O) groups excluding carboxylic acids is 1. The number of anilines is 2. The summed E-state index contributed by atoms with van der Waals surface area (Å²) in [7, 11) is -4.02. The van der Waals surface area contributed by atoms with Crippen LogP contribution in [0.3, 0.4) is 0 Å². The Morgan fingerprint density at radius 1 is 1.00 bits per heavy atom. The smallest absolute Gasteiger partial charge is 0.270 e. The van der Waals surface area contributed by atoms with E-state index in [0.717, 1.165) is 21.4 Å². The van der Waals surface area contributed by atoms with Crippen LogP contribution >= 0.6 is 11.3 Å². The summed E-state index contributed by atoms with van der Waals surface area (Å²) in [4.78, 5) is 26.8. The molecule has 4 aromatic rings. The van der Waals surface area contributed by atoms with Gasteiger partial charge in [0.05, 0.1) is 20.0 Å². The van der Waals surface area contributed by atoms with Gasteiger partial charge in [-0.3, -0.25) is 19.6 Å². The second-order valence-corrected chi connectivity index (χ2v) is 9.82. The molecule has 0 saturated heterocycles. The predicted molar refractivity (Wildman–Crippen MR) is 131 cm³/mol. The fourth-order valence-electron chi connectivity index (χ4n) is 3.06. The molecule has 1 heterocycles. The molecule has 0 aliphatic heterocycles. The third-order valence-electron chi connectivity index (χ3n) is 4.72. The van der Waals surface area contributed by atoms with Crippen LogP contribution in [0.1, 0.15) is 10.4 Å². The maximum atomic E-state index is 12.5. The minimum absolute atomic E-state index is 0.223. The van der Waals surface area contributed by atoms with Crippen LogP contribution in [0.5, 0.6) is 0 Å². The number of nitro groups is 1. The van der Waals surface area contributed by atoms with Gasteiger partial charge in [-0.1, -0.05) is 29.5 Å². The molecule has 3 N–H and O–H groups in total. The number of carbonyl (C=O) groups is 1. The monoisotopic (exact) mass is 497 g/mol. The quantitative estimate of drug-likeness (QED) is 0.181. The molecule has 10 nitrogen and oxygen atoms in total. The Morgan fingerprint density at radius 3 is 2.50 bits per heavy atom. The zero-order chi connectivity index (χ0) is 24.1. The van der Waals surface area contributed by atoms with E-state index in [-0.39, 0.29) is 22.2 Å². The van der Waals surface area contributed by atoms with E-state index in [1.165, 1.54) is 53.8 Å². The summed E-state index contributed by atoms with van der Waals surface area (Å²) < 4.78 is 28.5. The van der Waals surface area contributed by atoms with Gasteiger partial charge in [-0.25, -0.2) is 13.4 Å². The molecule has 0 spiro atoms. The van der Waals surface area contributed by atoms with Crippen molar-refractivity contribution in [1.29, 1.82) is 0 Å². The van der Waals surface area contributed by atoms with Gasteiger partial charge in [-0.15, -0.1) is 0 Å². The summed E-state index contributed by atoms with van der Waals surface area (Å²) in [5.41, 5.74) is 1.17. The number of nitrogens with one attached hydrogen (secondary N) is 3. The SMILES string of the molecule is O=C(NCCNc1nc2ccccc2s1)c1ccc(NS(=O)(=O)c2cccc([N+](=O)[O-])c2)cc1. The van der Waals surface area contributed by atoms with Gasteiger partial charge in [-0.2, -0.15) is 0 Å². The second kappa shape index (κ2) is 9.85. The van der Waals surface area contributed by atoms with Crippen LogP contribution in [0.25, 0.3) is 10.2 Å². The lowest BCUT2D eigenvalue weighted by molar-refractivity contribution is -0.385. The van der Waals surface area contributed by atoms with Crippen LogP contribution in [0.4, 0.5) is 16.5 Å². The van der Waals surface area contributed by atoms with Crippen LogP contribution < -0.4 is 15.4 Å². The zero-order valence-corrected chi connectivity index (χ0v) is 19.2. The number of hydrogen-bond donors (Lipinski definition) is 3. The predicted octanol–water partition coefficient (Wildman–Crippen LogP) is 3.85. The number of para-hydroxylation sites is 1. The molecule has 0 unspecified atom stereocenters. The normalized spacial score (nSPS) is 11.2. The van der Waals surface area contributed by atoms with E-state index >= 15 is 0 Å². The maximum absolute atomic E-state index is 12.5. The number of rotatable bonds is 9. The van der Waals surface area contributed by atoms with Crippen LogP contribution in [-0.2, 0) is 10.0 Å². The Kier molecular flexibility index (Phi) is 6.70. The first kappa shape index (κ1) is 23.1. The number of hydrogen-bond acceptors (Lipinski definition) is 8. The molecule has 0 aliphatic carbocycles. The highest BCUT2D eigenvalue weighted by Crippen LogP contribution is 2.25. The van der Waals surface area contributed by atoms with Crippen molar-refractivity contribution >= 4 is 54.0 Å². The van der Waals surface area contributed by atoms with Gasteiger partial charge in [0.2, 0.25) is 0 Å². The van der Waals surface area contributed by atoms with Crippen molar-refractivity contribution in [3.05, 3.63) is 88.5 Å². The molecule has 1 amide bonds. The van der Waals surface area contributed by atoms with Crippen LogP contribution in [0.15, 0.2) is 77.7 Å². The number of benzene rings is 3. The lowest BCUT2D eigenvalue weighted by Gasteiger charge is -2.09. The van der Waals surface area contributed by atoms with Crippen molar-refractivity contribution < 1.29 is 18.1 Å². The number of non-ortho nitro benzene ring substituents is 1. The molecule has 34 heavy (non-hydrogen) atoms. The molecular formula is C22H19N5O5S2. The van der Waals surface area contributed by atoms with Gasteiger partial charge in [0.1, 0.15) is 0 Å². The van der Waals surface area contributed by atoms with Gasteiger partial charge >= 0.3 is 0 Å². The van der Waals surface area contributed by atoms with E-state index in [1.54, 1.807) is 0 Å². The third kappa shape index (κ3) is 5.47. The number of fused-ring (bicyclic) bond motifs is 1. The molecule has 0 aliphatic rings. The number of thiazole rings is 1. The Morgan fingerprint density at radius 2 is 1.76 bits per heavy atom. The first-order chi connectivity index (χ1) is 16.3. The fourth-order valence-corrected chi connectivity index (χ4v) is 5.05. The molecule has 0 atom stereocenters. The average Bonchev–Trinajstić information content (AvgIpc) is 3.25. The van der Waals surface area contributed by atoms with Gasteiger partial charge in [0, 0.05) is 36.5 Å². The molecule has 0 bridgehead atoms. The lowest BCUT2D eigenvalue weighted by atomic mass is 10.2. The Hall–Kier alpha value is -4.03. The molecule has 174 valence electrons. The van der Waals surface area contributed by atoms with Gasteiger partial charge in [-0.05, 0) is 42.5 Å². The molecule has 12 heteroatoms. The van der Waals surface area contributed by atoms with Crippen molar-refractivity contribution in [2.75, 3.05) is 23.1 Å². The van der Waals surface area contributed by atoms with Crippen molar-refractivity contribution in [3.63, 3.8) is 0 Å². The molecular weight excluding hydrogens is 478 g/mol. The highest BCUT2D eigenvalue weighted by Gasteiger charge is 2.18. The minimum Gasteiger partial charge on any atom is -0.360 e. The van der Waals surface area contributed by atoms with E-state index < -0.39 is 14.9 Å². The minimum atomic E-state index is -4.02. The molecule has 1 aromatic heterocycles. The van der Waals surface area contributed by atoms with Crippen molar-refractivity contribution in [2.45, 2.75) is 4.90 Å². The summed E-state index contributed by atoms with van der Waals surface area (Å²) in [6.45, 7) is 0.864. The summed E-state index contributed by atoms with van der Waals surface area (Å²) in [5, 5.41) is 17.6.